The highest BCUT2D eigenvalue weighted by Gasteiger charge is 2.23. The number of rotatable bonds is 5. The lowest BCUT2D eigenvalue weighted by molar-refractivity contribution is -0.383. The smallest absolute Gasteiger partial charge is 0.304 e. The summed E-state index contributed by atoms with van der Waals surface area (Å²) in [5.41, 5.74) is 0.978. The van der Waals surface area contributed by atoms with E-state index in [2.05, 4.69) is 0 Å². The summed E-state index contributed by atoms with van der Waals surface area (Å²) in [5.74, 6) is 0. The molecule has 1 aromatic carbocycles. The maximum atomic E-state index is 11.2. The number of halogens is 1. The van der Waals surface area contributed by atoms with E-state index < -0.39 is 11.0 Å². The number of thiophene rings is 1. The van der Waals surface area contributed by atoms with Crippen LogP contribution in [-0.4, -0.2) is 17.1 Å². The van der Waals surface area contributed by atoms with E-state index in [1.54, 1.807) is 24.9 Å². The number of hydrogen-bond acceptors (Lipinski definition) is 5. The van der Waals surface area contributed by atoms with Crippen molar-refractivity contribution in [3.8, 4) is 0 Å². The van der Waals surface area contributed by atoms with Crippen LogP contribution in [0.4, 0.5) is 10.7 Å². The third-order valence-corrected chi connectivity index (χ3v) is 4.62. The Balaban J connectivity index is 2.29. The summed E-state index contributed by atoms with van der Waals surface area (Å²) >= 11 is 7.17. The van der Waals surface area contributed by atoms with Gasteiger partial charge in [0, 0.05) is 29.6 Å². The van der Waals surface area contributed by atoms with Crippen molar-refractivity contribution in [2.75, 3.05) is 11.9 Å². The van der Waals surface area contributed by atoms with E-state index in [0.29, 0.717) is 21.4 Å². The first kappa shape index (κ1) is 15.8. The van der Waals surface area contributed by atoms with Crippen LogP contribution in [0.5, 0.6) is 0 Å². The number of aliphatic hydroxyl groups is 1. The number of anilines is 1. The quantitative estimate of drug-likeness (QED) is 0.666. The molecule has 1 atom stereocenters. The number of aliphatic hydroxyl groups excluding tert-OH is 1. The lowest BCUT2D eigenvalue weighted by atomic mass is 10.2. The highest BCUT2D eigenvalue weighted by atomic mass is 35.5. The minimum Gasteiger partial charge on any atom is -0.388 e. The third kappa shape index (κ3) is 3.72. The molecule has 0 amide bonds. The van der Waals surface area contributed by atoms with Gasteiger partial charge >= 0.3 is 5.69 Å². The molecule has 112 valence electrons. The zero-order valence-corrected chi connectivity index (χ0v) is 13.2. The van der Waals surface area contributed by atoms with Crippen molar-refractivity contribution in [3.05, 3.63) is 55.9 Å². The van der Waals surface area contributed by atoms with Gasteiger partial charge in [0.15, 0.2) is 5.00 Å². The van der Waals surface area contributed by atoms with Crippen LogP contribution >= 0.6 is 22.9 Å². The van der Waals surface area contributed by atoms with Gasteiger partial charge in [0.1, 0.15) is 0 Å². The molecule has 21 heavy (non-hydrogen) atoms. The molecule has 7 heteroatoms. The summed E-state index contributed by atoms with van der Waals surface area (Å²) in [6.07, 6.45) is -0.720. The largest absolute Gasteiger partial charge is 0.388 e. The predicted octanol–water partition coefficient (Wildman–Crippen LogP) is 4.00. The van der Waals surface area contributed by atoms with Crippen molar-refractivity contribution < 1.29 is 10.0 Å². The van der Waals surface area contributed by atoms with E-state index in [1.807, 2.05) is 18.2 Å². The molecule has 0 radical (unpaired) electrons. The number of benzene rings is 1. The maximum absolute atomic E-state index is 11.2. The zero-order valence-electron chi connectivity index (χ0n) is 11.6. The molecule has 0 unspecified atom stereocenters. The van der Waals surface area contributed by atoms with Crippen LogP contribution in [0.3, 0.4) is 0 Å². The van der Waals surface area contributed by atoms with Crippen LogP contribution in [0.15, 0.2) is 30.3 Å². The monoisotopic (exact) mass is 326 g/mol. The second-order valence-electron chi connectivity index (χ2n) is 4.76. The molecule has 2 rings (SSSR count). The van der Waals surface area contributed by atoms with Crippen LogP contribution in [0.2, 0.25) is 5.02 Å². The minimum atomic E-state index is -0.720. The Hall–Kier alpha value is -1.63. The topological polar surface area (TPSA) is 66.6 Å². The Morgan fingerprint density at radius 2 is 2.19 bits per heavy atom. The Kier molecular flexibility index (Phi) is 4.82. The second kappa shape index (κ2) is 6.43. The van der Waals surface area contributed by atoms with Crippen LogP contribution < -0.4 is 4.90 Å². The van der Waals surface area contributed by atoms with Gasteiger partial charge < -0.3 is 10.0 Å². The van der Waals surface area contributed by atoms with E-state index in [4.69, 9.17) is 11.6 Å². The fourth-order valence-electron chi connectivity index (χ4n) is 1.98. The fourth-order valence-corrected chi connectivity index (χ4v) is 3.22. The summed E-state index contributed by atoms with van der Waals surface area (Å²) in [6, 6.07) is 8.80. The van der Waals surface area contributed by atoms with E-state index in [-0.39, 0.29) is 5.69 Å². The summed E-state index contributed by atoms with van der Waals surface area (Å²) in [7, 11) is 1.78. The van der Waals surface area contributed by atoms with Gasteiger partial charge in [-0.3, -0.25) is 10.1 Å². The summed E-state index contributed by atoms with van der Waals surface area (Å²) < 4.78 is 0. The van der Waals surface area contributed by atoms with Crippen LogP contribution in [-0.2, 0) is 6.54 Å². The summed E-state index contributed by atoms with van der Waals surface area (Å²) in [6.45, 7) is 2.09. The molecule has 1 aromatic heterocycles. The van der Waals surface area contributed by atoms with Gasteiger partial charge in [-0.25, -0.2) is 0 Å². The molecular weight excluding hydrogens is 312 g/mol. The van der Waals surface area contributed by atoms with E-state index in [0.717, 1.165) is 5.56 Å². The lowest BCUT2D eigenvalue weighted by Gasteiger charge is -2.16. The van der Waals surface area contributed by atoms with Crippen molar-refractivity contribution in [2.24, 2.45) is 0 Å². The normalized spacial score (nSPS) is 12.2. The molecule has 0 fully saturated rings. The van der Waals surface area contributed by atoms with Crippen molar-refractivity contribution in [3.63, 3.8) is 0 Å². The highest BCUT2D eigenvalue weighted by Crippen LogP contribution is 2.40. The Bertz CT molecular complexity index is 657. The molecule has 0 aliphatic carbocycles. The van der Waals surface area contributed by atoms with Gasteiger partial charge in [0.25, 0.3) is 0 Å². The molecule has 5 nitrogen and oxygen atoms in total. The number of hydrogen-bond donors (Lipinski definition) is 1. The summed E-state index contributed by atoms with van der Waals surface area (Å²) in [4.78, 5) is 13.1. The lowest BCUT2D eigenvalue weighted by Crippen LogP contribution is -2.16. The van der Waals surface area contributed by atoms with E-state index >= 15 is 0 Å². The second-order valence-corrected chi connectivity index (χ2v) is 6.26. The molecule has 0 aliphatic rings. The van der Waals surface area contributed by atoms with Gasteiger partial charge in [0.2, 0.25) is 0 Å². The third-order valence-electron chi connectivity index (χ3n) is 2.98. The Labute approximate surface area is 131 Å². The first-order chi connectivity index (χ1) is 9.88. The molecule has 0 saturated heterocycles. The average Bonchev–Trinajstić information content (AvgIpc) is 2.84. The van der Waals surface area contributed by atoms with E-state index in [9.17, 15) is 15.2 Å². The van der Waals surface area contributed by atoms with Crippen molar-refractivity contribution in [1.29, 1.82) is 0 Å². The molecule has 1 heterocycles. The van der Waals surface area contributed by atoms with E-state index in [1.165, 1.54) is 17.4 Å². The van der Waals surface area contributed by atoms with Crippen molar-refractivity contribution >= 4 is 33.6 Å². The predicted molar refractivity (Wildman–Crippen MR) is 85.2 cm³/mol. The Morgan fingerprint density at radius 3 is 2.76 bits per heavy atom. The van der Waals surface area contributed by atoms with Gasteiger partial charge in [0.05, 0.1) is 11.0 Å². The molecular formula is C14H15ClN2O3S. The summed E-state index contributed by atoms with van der Waals surface area (Å²) in [5, 5.41) is 21.9. The number of nitro groups is 1. The first-order valence-electron chi connectivity index (χ1n) is 6.30. The van der Waals surface area contributed by atoms with Crippen LogP contribution in [0.25, 0.3) is 0 Å². The Morgan fingerprint density at radius 1 is 1.48 bits per heavy atom. The molecule has 0 saturated carbocycles. The maximum Gasteiger partial charge on any atom is 0.304 e. The SMILES string of the molecule is C[C@H](O)c1cc([N+](=O)[O-])c(N(C)Cc2cccc(Cl)c2)s1. The standard InChI is InChI=1S/C14H15ClN2O3S/c1-9(18)13-7-12(17(19)20)14(21-13)16(2)8-10-4-3-5-11(15)6-10/h3-7,9,18H,8H2,1-2H3/t9-/m0/s1. The first-order valence-corrected chi connectivity index (χ1v) is 7.49. The molecule has 0 aliphatic heterocycles. The average molecular weight is 327 g/mol. The molecule has 0 bridgehead atoms. The van der Waals surface area contributed by atoms with Crippen molar-refractivity contribution in [2.45, 2.75) is 19.6 Å². The van der Waals surface area contributed by atoms with Gasteiger partial charge in [-0.2, -0.15) is 0 Å². The molecule has 2 aromatic rings. The highest BCUT2D eigenvalue weighted by molar-refractivity contribution is 7.16. The fraction of sp³-hybridized carbons (Fsp3) is 0.286. The van der Waals surface area contributed by atoms with Gasteiger partial charge in [-0.1, -0.05) is 23.7 Å². The van der Waals surface area contributed by atoms with Gasteiger partial charge in [-0.15, -0.1) is 11.3 Å². The molecule has 0 spiro atoms. The zero-order chi connectivity index (χ0) is 15.6. The van der Waals surface area contributed by atoms with Crippen molar-refractivity contribution in [1.82, 2.24) is 0 Å². The van der Waals surface area contributed by atoms with Crippen LogP contribution in [0, 0.1) is 10.1 Å². The van der Waals surface area contributed by atoms with Crippen LogP contribution in [0.1, 0.15) is 23.5 Å². The van der Waals surface area contributed by atoms with Gasteiger partial charge in [-0.05, 0) is 24.6 Å². The number of nitrogens with zero attached hydrogens (tertiary/aromatic N) is 2. The molecule has 1 N–H and O–H groups in total. The minimum absolute atomic E-state index is 0.0143.